The van der Waals surface area contributed by atoms with Crippen LogP contribution < -0.4 is 20.8 Å². The van der Waals surface area contributed by atoms with Crippen molar-refractivity contribution in [1.82, 2.24) is 4.57 Å². The van der Waals surface area contributed by atoms with Crippen molar-refractivity contribution in [2.75, 3.05) is 17.7 Å². The number of aryl methyl sites for hydroxylation is 1. The number of rotatable bonds is 4. The van der Waals surface area contributed by atoms with Gasteiger partial charge in [-0.3, -0.25) is 14.4 Å². The molecule has 0 unspecified atom stereocenters. The molecule has 144 valence electrons. The summed E-state index contributed by atoms with van der Waals surface area (Å²) in [6, 6.07) is 9.78. The number of anilines is 2. The van der Waals surface area contributed by atoms with E-state index in [9.17, 15) is 14.4 Å². The fraction of sp³-hybridized carbons (Fsp3) is 0.150. The molecule has 0 spiro atoms. The Morgan fingerprint density at radius 1 is 1.11 bits per heavy atom. The second-order valence-corrected chi connectivity index (χ2v) is 6.60. The number of ether oxygens (including phenoxy) is 1. The average Bonchev–Trinajstić information content (AvgIpc) is 2.66. The maximum atomic E-state index is 12.9. The van der Waals surface area contributed by atoms with E-state index in [0.29, 0.717) is 22.3 Å². The number of aromatic nitrogens is 1. The van der Waals surface area contributed by atoms with Gasteiger partial charge in [0.1, 0.15) is 11.3 Å². The summed E-state index contributed by atoms with van der Waals surface area (Å²) in [7, 11) is 3.25. The van der Waals surface area contributed by atoms with Crippen LogP contribution in [0.25, 0.3) is 10.9 Å². The Morgan fingerprint density at radius 3 is 2.54 bits per heavy atom. The summed E-state index contributed by atoms with van der Waals surface area (Å²) in [5.41, 5.74) is 0.977. The molecule has 8 heteroatoms. The molecule has 1 aromatic heterocycles. The highest BCUT2D eigenvalue weighted by Crippen LogP contribution is 2.26. The van der Waals surface area contributed by atoms with Crippen molar-refractivity contribution in [3.63, 3.8) is 0 Å². The number of carbonyl (C=O) groups excluding carboxylic acids is 2. The molecule has 0 radical (unpaired) electrons. The molecule has 0 atom stereocenters. The average molecular weight is 400 g/mol. The lowest BCUT2D eigenvalue weighted by atomic mass is 10.1. The lowest BCUT2D eigenvalue weighted by molar-refractivity contribution is -0.114. The molecule has 0 fully saturated rings. The number of nitrogens with one attached hydrogen (secondary N) is 2. The highest BCUT2D eigenvalue weighted by atomic mass is 35.5. The standard InChI is InChI=1S/C20H18ClN3O4/c1-11(25)22-12-4-6-16(21)17(8-12)23-20(27)15-10-24(2)18-7-5-13(28-3)9-14(18)19(15)26/h4-10H,1-3H3,(H,22,25)(H,23,27). The summed E-state index contributed by atoms with van der Waals surface area (Å²) in [5.74, 6) is -0.336. The van der Waals surface area contributed by atoms with Crippen LogP contribution in [0.15, 0.2) is 47.4 Å². The van der Waals surface area contributed by atoms with E-state index in [1.54, 1.807) is 41.9 Å². The van der Waals surface area contributed by atoms with Gasteiger partial charge in [0.25, 0.3) is 5.91 Å². The van der Waals surface area contributed by atoms with Crippen molar-refractivity contribution < 1.29 is 14.3 Å². The summed E-state index contributed by atoms with van der Waals surface area (Å²) in [6.45, 7) is 1.37. The molecule has 0 aliphatic heterocycles. The number of benzene rings is 2. The van der Waals surface area contributed by atoms with Crippen LogP contribution in [0.3, 0.4) is 0 Å². The van der Waals surface area contributed by atoms with Gasteiger partial charge in [-0.1, -0.05) is 11.6 Å². The molecule has 2 aromatic carbocycles. The SMILES string of the molecule is COc1ccc2c(c1)c(=O)c(C(=O)Nc1cc(NC(C)=O)ccc1Cl)cn2C. The van der Waals surface area contributed by atoms with Crippen LogP contribution in [0.5, 0.6) is 5.75 Å². The van der Waals surface area contributed by atoms with Crippen molar-refractivity contribution in [1.29, 1.82) is 0 Å². The van der Waals surface area contributed by atoms with Gasteiger partial charge >= 0.3 is 0 Å². The highest BCUT2D eigenvalue weighted by molar-refractivity contribution is 6.34. The summed E-state index contributed by atoms with van der Waals surface area (Å²) < 4.78 is 6.87. The van der Waals surface area contributed by atoms with Crippen molar-refractivity contribution in [2.45, 2.75) is 6.92 Å². The molecule has 0 bridgehead atoms. The van der Waals surface area contributed by atoms with Crippen molar-refractivity contribution in [3.8, 4) is 5.75 Å². The van der Waals surface area contributed by atoms with Gasteiger partial charge in [-0.25, -0.2) is 0 Å². The first kappa shape index (κ1) is 19.4. The second kappa shape index (κ2) is 7.74. The van der Waals surface area contributed by atoms with Crippen LogP contribution in [0.4, 0.5) is 11.4 Å². The summed E-state index contributed by atoms with van der Waals surface area (Å²) in [4.78, 5) is 36.9. The third kappa shape index (κ3) is 3.84. The largest absolute Gasteiger partial charge is 0.497 e. The predicted octanol–water partition coefficient (Wildman–Crippen LogP) is 3.41. The molecule has 0 saturated carbocycles. The molecule has 7 nitrogen and oxygen atoms in total. The summed E-state index contributed by atoms with van der Waals surface area (Å²) in [6.07, 6.45) is 1.47. The molecule has 0 aliphatic carbocycles. The van der Waals surface area contributed by atoms with Gasteiger partial charge in [-0.2, -0.15) is 0 Å². The van der Waals surface area contributed by atoms with Gasteiger partial charge in [0.2, 0.25) is 11.3 Å². The van der Waals surface area contributed by atoms with E-state index in [2.05, 4.69) is 10.6 Å². The molecule has 1 heterocycles. The van der Waals surface area contributed by atoms with E-state index in [1.165, 1.54) is 26.3 Å². The number of hydrogen-bond acceptors (Lipinski definition) is 4. The third-order valence-corrected chi connectivity index (χ3v) is 4.50. The molecule has 2 amide bonds. The molecular formula is C20H18ClN3O4. The number of carbonyl (C=O) groups is 2. The Bertz CT molecular complexity index is 1150. The number of hydrogen-bond donors (Lipinski definition) is 2. The monoisotopic (exact) mass is 399 g/mol. The maximum absolute atomic E-state index is 12.9. The van der Waals surface area contributed by atoms with Crippen LogP contribution in [0.2, 0.25) is 5.02 Å². The number of nitrogens with zero attached hydrogens (tertiary/aromatic N) is 1. The summed E-state index contributed by atoms with van der Waals surface area (Å²) in [5, 5.41) is 5.90. The lowest BCUT2D eigenvalue weighted by Crippen LogP contribution is -2.23. The number of pyridine rings is 1. The van der Waals surface area contributed by atoms with E-state index < -0.39 is 11.3 Å². The minimum absolute atomic E-state index is 0.0377. The molecule has 3 aromatic rings. The topological polar surface area (TPSA) is 89.4 Å². The zero-order valence-corrected chi connectivity index (χ0v) is 16.3. The van der Waals surface area contributed by atoms with Crippen molar-refractivity contribution >= 4 is 45.7 Å². The van der Waals surface area contributed by atoms with Crippen LogP contribution in [0.1, 0.15) is 17.3 Å². The first-order valence-electron chi connectivity index (χ1n) is 8.36. The molecule has 28 heavy (non-hydrogen) atoms. The minimum atomic E-state index is -0.604. The van der Waals surface area contributed by atoms with Gasteiger partial charge in [0.15, 0.2) is 0 Å². The zero-order valence-electron chi connectivity index (χ0n) is 15.5. The first-order chi connectivity index (χ1) is 13.3. The van der Waals surface area contributed by atoms with Gasteiger partial charge in [0.05, 0.1) is 28.7 Å². The number of methoxy groups -OCH3 is 1. The third-order valence-electron chi connectivity index (χ3n) is 4.18. The Kier molecular flexibility index (Phi) is 5.37. The van der Waals surface area contributed by atoms with Gasteiger partial charge in [0, 0.05) is 25.9 Å². The maximum Gasteiger partial charge on any atom is 0.261 e. The second-order valence-electron chi connectivity index (χ2n) is 6.20. The zero-order chi connectivity index (χ0) is 20.4. The molecule has 3 rings (SSSR count). The smallest absolute Gasteiger partial charge is 0.261 e. The summed E-state index contributed by atoms with van der Waals surface area (Å²) >= 11 is 6.14. The van der Waals surface area contributed by atoms with E-state index in [4.69, 9.17) is 16.3 Å². The Balaban J connectivity index is 2.01. The number of halogens is 1. The van der Waals surface area contributed by atoms with Gasteiger partial charge in [-0.15, -0.1) is 0 Å². The van der Waals surface area contributed by atoms with Crippen molar-refractivity contribution in [2.24, 2.45) is 7.05 Å². The van der Waals surface area contributed by atoms with Crippen LogP contribution >= 0.6 is 11.6 Å². The van der Waals surface area contributed by atoms with Gasteiger partial charge in [-0.05, 0) is 36.4 Å². The minimum Gasteiger partial charge on any atom is -0.497 e. The van der Waals surface area contributed by atoms with Crippen molar-refractivity contribution in [3.05, 3.63) is 63.4 Å². The number of fused-ring (bicyclic) bond motifs is 1. The quantitative estimate of drug-likeness (QED) is 0.703. The lowest BCUT2D eigenvalue weighted by Gasteiger charge is -2.12. The Hall–Kier alpha value is -3.32. The molecule has 2 N–H and O–H groups in total. The normalized spacial score (nSPS) is 10.6. The fourth-order valence-electron chi connectivity index (χ4n) is 2.85. The van der Waals surface area contributed by atoms with Crippen LogP contribution in [-0.2, 0) is 11.8 Å². The first-order valence-corrected chi connectivity index (χ1v) is 8.74. The molecular weight excluding hydrogens is 382 g/mol. The van der Waals surface area contributed by atoms with E-state index in [-0.39, 0.29) is 22.2 Å². The van der Waals surface area contributed by atoms with E-state index in [1.807, 2.05) is 0 Å². The van der Waals surface area contributed by atoms with E-state index in [0.717, 1.165) is 0 Å². The van der Waals surface area contributed by atoms with E-state index >= 15 is 0 Å². The van der Waals surface area contributed by atoms with Crippen LogP contribution in [-0.4, -0.2) is 23.5 Å². The Labute approximate surface area is 165 Å². The van der Waals surface area contributed by atoms with Gasteiger partial charge < -0.3 is 19.9 Å². The van der Waals surface area contributed by atoms with Crippen LogP contribution in [0, 0.1) is 0 Å². The fourth-order valence-corrected chi connectivity index (χ4v) is 3.02. The molecule has 0 saturated heterocycles. The highest BCUT2D eigenvalue weighted by Gasteiger charge is 2.17. The predicted molar refractivity (Wildman–Crippen MR) is 109 cm³/mol. The number of amides is 2. The Morgan fingerprint density at radius 2 is 1.86 bits per heavy atom. The molecule has 0 aliphatic rings.